The van der Waals surface area contributed by atoms with Gasteiger partial charge in [-0.25, -0.2) is 0 Å². The number of benzene rings is 5. The Hall–Kier alpha value is -7.62. The van der Waals surface area contributed by atoms with E-state index < -0.39 is 118 Å². The molecule has 0 unspecified atom stereocenters. The van der Waals surface area contributed by atoms with E-state index in [-0.39, 0.29) is 11.4 Å². The second-order valence-electron chi connectivity index (χ2n) is 10.6. The molecule has 5 aromatic rings. The average Bonchev–Trinajstić information content (AvgIpc) is 3.10. The minimum atomic E-state index is -5.08. The number of non-ortho nitro benzene ring substituents is 2. The highest BCUT2D eigenvalue weighted by Gasteiger charge is 2.25. The largest absolute Gasteiger partial charge is 0.507 e. The molecule has 5 rings (SSSR count). The molecule has 0 heterocycles. The first-order valence-electron chi connectivity index (χ1n) is 14.2. The van der Waals surface area contributed by atoms with Crippen molar-refractivity contribution in [3.63, 3.8) is 0 Å². The lowest BCUT2D eigenvalue weighted by atomic mass is 10.1. The van der Waals surface area contributed by atoms with Gasteiger partial charge in [0.15, 0.2) is 17.2 Å². The standard InChI is InChI=1S/C28H17N9O16S2/c38-23-10-17(55(51,52)53)6-12-5-16(54(48,49)50)9-18(24(12)23)30-34-25-27(40)20(31-29-13-1-3-14(4-2-13)35(42)43)11-21(28(25)41)33-32-19-7-15(36(44)45)8-22(26(19)39)37(46)47/h1-11,38-41H,(H,48,49,50)(H,51,52,53). The summed E-state index contributed by atoms with van der Waals surface area (Å²) in [7, 11) is -10.0. The van der Waals surface area contributed by atoms with Gasteiger partial charge in [0.1, 0.15) is 22.8 Å². The van der Waals surface area contributed by atoms with Crippen molar-refractivity contribution < 1.29 is 61.1 Å². The minimum Gasteiger partial charge on any atom is -0.507 e. The number of nitro groups is 3. The van der Waals surface area contributed by atoms with Crippen LogP contribution in [0.1, 0.15) is 0 Å². The maximum Gasteiger partial charge on any atom is 0.319 e. The zero-order valence-electron chi connectivity index (χ0n) is 26.5. The van der Waals surface area contributed by atoms with Gasteiger partial charge in [-0.3, -0.25) is 39.4 Å². The van der Waals surface area contributed by atoms with E-state index in [1.807, 2.05) is 0 Å². The van der Waals surface area contributed by atoms with Crippen LogP contribution in [-0.4, -0.2) is 61.1 Å². The first kappa shape index (κ1) is 38.6. The molecule has 0 aliphatic rings. The predicted molar refractivity (Wildman–Crippen MR) is 182 cm³/mol. The molecule has 282 valence electrons. The molecule has 0 spiro atoms. The van der Waals surface area contributed by atoms with Crippen LogP contribution in [0.25, 0.3) is 10.8 Å². The van der Waals surface area contributed by atoms with Gasteiger partial charge in [-0.15, -0.1) is 25.6 Å². The second kappa shape index (κ2) is 14.4. The first-order valence-corrected chi connectivity index (χ1v) is 17.0. The highest BCUT2D eigenvalue weighted by atomic mass is 32.2. The van der Waals surface area contributed by atoms with Crippen LogP contribution in [0.3, 0.4) is 0 Å². The number of aromatic hydroxyl groups is 4. The van der Waals surface area contributed by atoms with Crippen molar-refractivity contribution in [2.75, 3.05) is 0 Å². The summed E-state index contributed by atoms with van der Waals surface area (Å²) in [5.41, 5.74) is -6.21. The molecule has 0 fully saturated rings. The van der Waals surface area contributed by atoms with Crippen molar-refractivity contribution in [1.29, 1.82) is 0 Å². The molecule has 6 N–H and O–H groups in total. The summed E-state index contributed by atoms with van der Waals surface area (Å²) >= 11 is 0. The molecule has 27 heteroatoms. The lowest BCUT2D eigenvalue weighted by Crippen LogP contribution is -2.00. The first-order chi connectivity index (χ1) is 25.6. The lowest BCUT2D eigenvalue weighted by molar-refractivity contribution is -0.394. The van der Waals surface area contributed by atoms with Crippen molar-refractivity contribution >= 4 is 82.2 Å². The van der Waals surface area contributed by atoms with E-state index in [4.69, 9.17) is 0 Å². The van der Waals surface area contributed by atoms with E-state index in [1.54, 1.807) is 0 Å². The fourth-order valence-electron chi connectivity index (χ4n) is 4.54. The summed E-state index contributed by atoms with van der Waals surface area (Å²) in [6, 6.07) is 8.86. The Balaban J connectivity index is 1.73. The molecule has 25 nitrogen and oxygen atoms in total. The molecular formula is C28H17N9O16S2. The van der Waals surface area contributed by atoms with E-state index in [1.165, 1.54) is 0 Å². The average molecular weight is 800 g/mol. The van der Waals surface area contributed by atoms with Crippen molar-refractivity contribution in [2.24, 2.45) is 30.7 Å². The number of nitro benzene ring substituents is 3. The van der Waals surface area contributed by atoms with Gasteiger partial charge < -0.3 is 20.4 Å². The SMILES string of the molecule is O=[N+]([O-])c1ccc(N=Nc2cc(N=Nc3cc([N+](=O)[O-])cc([N+](=O)[O-])c3O)c(O)c(N=Nc3cc(S(=O)(=O)O)cc4cc(S(=O)(=O)O)cc(O)c34)c2O)cc1. The third kappa shape index (κ3) is 8.23. The summed E-state index contributed by atoms with van der Waals surface area (Å²) < 4.78 is 66.7. The number of fused-ring (bicyclic) bond motifs is 1. The zero-order chi connectivity index (χ0) is 40.6. The molecule has 55 heavy (non-hydrogen) atoms. The van der Waals surface area contributed by atoms with Crippen LogP contribution < -0.4 is 0 Å². The van der Waals surface area contributed by atoms with Crippen molar-refractivity contribution in [3.8, 4) is 23.0 Å². The number of phenols is 4. The summed E-state index contributed by atoms with van der Waals surface area (Å²) in [5, 5.41) is 98.2. The maximum absolute atomic E-state index is 12.0. The Morgan fingerprint density at radius 3 is 1.51 bits per heavy atom. The van der Waals surface area contributed by atoms with Gasteiger partial charge in [0.25, 0.3) is 31.6 Å². The third-order valence-electron chi connectivity index (χ3n) is 7.08. The van der Waals surface area contributed by atoms with E-state index in [0.717, 1.165) is 30.3 Å². The summed E-state index contributed by atoms with van der Waals surface area (Å²) in [5.74, 6) is -4.28. The van der Waals surface area contributed by atoms with Crippen molar-refractivity contribution in [2.45, 2.75) is 9.79 Å². The summed E-state index contributed by atoms with van der Waals surface area (Å²) in [6.45, 7) is 0. The number of nitrogens with zero attached hydrogens (tertiary/aromatic N) is 9. The molecule has 0 aliphatic carbocycles. The molecular weight excluding hydrogens is 782 g/mol. The molecule has 0 bridgehead atoms. The predicted octanol–water partition coefficient (Wildman–Crippen LogP) is 7.13. The minimum absolute atomic E-state index is 0.0218. The van der Waals surface area contributed by atoms with Crippen LogP contribution in [0.5, 0.6) is 23.0 Å². The van der Waals surface area contributed by atoms with E-state index in [9.17, 15) is 76.7 Å². The zero-order valence-corrected chi connectivity index (χ0v) is 28.1. The molecule has 5 aromatic carbocycles. The van der Waals surface area contributed by atoms with Crippen molar-refractivity contribution in [1.82, 2.24) is 0 Å². The summed E-state index contributed by atoms with van der Waals surface area (Å²) in [4.78, 5) is 29.0. The lowest BCUT2D eigenvalue weighted by Gasteiger charge is -2.10. The molecule has 0 atom stereocenters. The Morgan fingerprint density at radius 1 is 0.509 bits per heavy atom. The Bertz CT molecular complexity index is 2790. The second-order valence-corrected chi connectivity index (χ2v) is 13.5. The number of hydrogen-bond acceptors (Lipinski definition) is 20. The smallest absolute Gasteiger partial charge is 0.319 e. The quantitative estimate of drug-likeness (QED) is 0.0335. The van der Waals surface area contributed by atoms with Gasteiger partial charge in [-0.1, -0.05) is 0 Å². The Morgan fingerprint density at radius 2 is 1.00 bits per heavy atom. The molecule has 0 aliphatic heterocycles. The van der Waals surface area contributed by atoms with Gasteiger partial charge in [-0.2, -0.15) is 21.9 Å². The molecule has 0 saturated carbocycles. The van der Waals surface area contributed by atoms with Crippen LogP contribution >= 0.6 is 0 Å². The maximum atomic E-state index is 12.0. The van der Waals surface area contributed by atoms with Gasteiger partial charge in [0, 0.05) is 30.3 Å². The highest BCUT2D eigenvalue weighted by molar-refractivity contribution is 7.86. The van der Waals surface area contributed by atoms with Gasteiger partial charge in [0.2, 0.25) is 5.75 Å². The highest BCUT2D eigenvalue weighted by Crippen LogP contribution is 2.51. The monoisotopic (exact) mass is 799 g/mol. The third-order valence-corrected chi connectivity index (χ3v) is 8.74. The fourth-order valence-corrected chi connectivity index (χ4v) is 5.61. The number of hydrogen-bond donors (Lipinski definition) is 6. The van der Waals surface area contributed by atoms with Gasteiger partial charge >= 0.3 is 5.69 Å². The van der Waals surface area contributed by atoms with E-state index >= 15 is 0 Å². The fraction of sp³-hybridized carbons (Fsp3) is 0. The van der Waals surface area contributed by atoms with Crippen LogP contribution in [0.15, 0.2) is 107 Å². The molecule has 0 aromatic heterocycles. The van der Waals surface area contributed by atoms with Gasteiger partial charge in [0.05, 0.1) is 47.4 Å². The Kier molecular flexibility index (Phi) is 10.1. The van der Waals surface area contributed by atoms with Crippen LogP contribution in [-0.2, 0) is 20.2 Å². The number of rotatable bonds is 11. The van der Waals surface area contributed by atoms with E-state index in [2.05, 4.69) is 30.7 Å². The molecule has 0 amide bonds. The van der Waals surface area contributed by atoms with Crippen molar-refractivity contribution in [3.05, 3.63) is 97.1 Å². The summed E-state index contributed by atoms with van der Waals surface area (Å²) in [6.07, 6.45) is 0. The van der Waals surface area contributed by atoms with Crippen LogP contribution in [0.2, 0.25) is 0 Å². The van der Waals surface area contributed by atoms with Gasteiger partial charge in [-0.05, 0) is 35.7 Å². The molecule has 0 radical (unpaired) electrons. The molecule has 0 saturated heterocycles. The van der Waals surface area contributed by atoms with E-state index in [0.29, 0.717) is 36.4 Å². The topological polar surface area (TPSA) is 393 Å². The normalized spacial score (nSPS) is 12.3. The number of azo groups is 3. The van der Waals surface area contributed by atoms with Crippen LogP contribution in [0, 0.1) is 30.3 Å². The van der Waals surface area contributed by atoms with Crippen LogP contribution in [0.4, 0.5) is 51.2 Å². The number of phenolic OH excluding ortho intramolecular Hbond substituents is 4. The Labute approximate surface area is 303 Å².